The molecule has 1 saturated heterocycles. The lowest BCUT2D eigenvalue weighted by Gasteiger charge is -2.36. The van der Waals surface area contributed by atoms with Gasteiger partial charge in [-0.25, -0.2) is 22.0 Å². The van der Waals surface area contributed by atoms with Gasteiger partial charge in [0.15, 0.2) is 9.84 Å². The average molecular weight is 570 g/mol. The molecule has 3 aromatic rings. The molecule has 13 heteroatoms. The fourth-order valence-electron chi connectivity index (χ4n) is 4.35. The molecule has 0 radical (unpaired) electrons. The molecule has 2 amide bonds. The van der Waals surface area contributed by atoms with Crippen LogP contribution in [0.1, 0.15) is 28.8 Å². The van der Waals surface area contributed by atoms with Crippen molar-refractivity contribution in [3.8, 4) is 11.1 Å². The molecule has 39 heavy (non-hydrogen) atoms. The van der Waals surface area contributed by atoms with E-state index in [1.807, 2.05) is 0 Å². The summed E-state index contributed by atoms with van der Waals surface area (Å²) >= 11 is 0. The topological polar surface area (TPSA) is 202 Å². The summed E-state index contributed by atoms with van der Waals surface area (Å²) in [4.78, 5) is 26.6. The Kier molecular flexibility index (Phi) is 7.59. The Morgan fingerprint density at radius 2 is 1.51 bits per heavy atom. The number of sulfone groups is 1. The van der Waals surface area contributed by atoms with Gasteiger partial charge >= 0.3 is 0 Å². The van der Waals surface area contributed by atoms with Gasteiger partial charge in [-0.3, -0.25) is 15.0 Å². The third-order valence-electron chi connectivity index (χ3n) is 6.55. The van der Waals surface area contributed by atoms with Gasteiger partial charge in [-0.2, -0.15) is 0 Å². The number of nitrogens with two attached hydrogens (primary N) is 2. The van der Waals surface area contributed by atoms with Crippen LogP contribution in [-0.2, 0) is 24.7 Å². The first-order valence-electron chi connectivity index (χ1n) is 11.8. The molecule has 4 rings (SSSR count). The predicted molar refractivity (Wildman–Crippen MR) is 147 cm³/mol. The van der Waals surface area contributed by atoms with Gasteiger partial charge < -0.3 is 16.4 Å². The summed E-state index contributed by atoms with van der Waals surface area (Å²) in [5.41, 5.74) is 5.82. The Hall–Kier alpha value is -4.07. The number of rotatable bonds is 7. The summed E-state index contributed by atoms with van der Waals surface area (Å²) in [5.74, 6) is -1.99. The van der Waals surface area contributed by atoms with Crippen molar-refractivity contribution in [2.75, 3.05) is 16.8 Å². The number of nitrogen functional groups attached to an aromatic ring is 1. The molecule has 0 aliphatic carbocycles. The highest BCUT2D eigenvalue weighted by Gasteiger charge is 2.45. The van der Waals surface area contributed by atoms with Crippen LogP contribution in [0, 0.1) is 5.41 Å². The molecule has 1 aliphatic heterocycles. The minimum Gasteiger partial charge on any atom is -0.384 e. The summed E-state index contributed by atoms with van der Waals surface area (Å²) in [6.07, 6.45) is -0.252. The van der Waals surface area contributed by atoms with Crippen molar-refractivity contribution in [3.05, 3.63) is 83.9 Å². The highest BCUT2D eigenvalue weighted by Crippen LogP contribution is 2.29. The van der Waals surface area contributed by atoms with E-state index in [1.54, 1.807) is 54.6 Å². The van der Waals surface area contributed by atoms with E-state index >= 15 is 0 Å². The second-order valence-corrected chi connectivity index (χ2v) is 13.1. The number of carbonyl (C=O) groups excluding carboxylic acids is 2. The van der Waals surface area contributed by atoms with Gasteiger partial charge in [0.1, 0.15) is 11.4 Å². The lowest BCUT2D eigenvalue weighted by atomic mass is 9.90. The molecule has 0 unspecified atom stereocenters. The van der Waals surface area contributed by atoms with Crippen molar-refractivity contribution < 1.29 is 26.4 Å². The molecule has 1 aliphatic rings. The summed E-state index contributed by atoms with van der Waals surface area (Å²) in [7, 11) is -7.33. The third kappa shape index (κ3) is 6.33. The summed E-state index contributed by atoms with van der Waals surface area (Å²) < 4.78 is 48.2. The van der Waals surface area contributed by atoms with Crippen LogP contribution in [0.25, 0.3) is 11.1 Å². The van der Waals surface area contributed by atoms with Crippen molar-refractivity contribution in [1.29, 1.82) is 5.41 Å². The van der Waals surface area contributed by atoms with Gasteiger partial charge in [-0.1, -0.05) is 42.5 Å². The predicted octanol–water partition coefficient (Wildman–Crippen LogP) is 1.60. The van der Waals surface area contributed by atoms with Crippen LogP contribution in [0.4, 0.5) is 5.69 Å². The number of anilines is 1. The Morgan fingerprint density at radius 3 is 2.13 bits per heavy atom. The average Bonchev–Trinajstić information content (AvgIpc) is 2.90. The zero-order valence-electron chi connectivity index (χ0n) is 20.7. The Bertz CT molecular complexity index is 1650. The van der Waals surface area contributed by atoms with Gasteiger partial charge in [0, 0.05) is 22.4 Å². The maximum Gasteiger partial charge on any atom is 0.252 e. The minimum atomic E-state index is -3.96. The maximum atomic E-state index is 13.5. The van der Waals surface area contributed by atoms with E-state index < -0.39 is 37.2 Å². The van der Waals surface area contributed by atoms with E-state index in [9.17, 15) is 26.4 Å². The SMILES string of the molecule is N=C(N)c1cccc(C(=O)NC2(C(=O)Nc3ccc(-c4ccccc4S(N)(=O)=O)cc3)CCS(=O)(=O)CC2)c1. The second kappa shape index (κ2) is 10.6. The van der Waals surface area contributed by atoms with Crippen molar-refractivity contribution in [3.63, 3.8) is 0 Å². The van der Waals surface area contributed by atoms with Crippen molar-refractivity contribution in [1.82, 2.24) is 5.32 Å². The van der Waals surface area contributed by atoms with Crippen LogP contribution in [0.2, 0.25) is 0 Å². The number of amides is 2. The first-order valence-corrected chi connectivity index (χ1v) is 15.2. The number of hydrogen-bond donors (Lipinski definition) is 5. The molecule has 204 valence electrons. The van der Waals surface area contributed by atoms with E-state index in [-0.39, 0.29) is 40.6 Å². The number of benzene rings is 3. The molecule has 0 spiro atoms. The zero-order chi connectivity index (χ0) is 28.4. The molecular formula is C26H27N5O6S2. The molecular weight excluding hydrogens is 542 g/mol. The second-order valence-electron chi connectivity index (χ2n) is 9.26. The van der Waals surface area contributed by atoms with Crippen LogP contribution in [0.15, 0.2) is 77.7 Å². The first-order chi connectivity index (χ1) is 18.3. The number of nitrogens with one attached hydrogen (secondary N) is 3. The summed E-state index contributed by atoms with van der Waals surface area (Å²) in [6, 6.07) is 18.7. The monoisotopic (exact) mass is 569 g/mol. The number of sulfonamides is 1. The van der Waals surface area contributed by atoms with Crippen LogP contribution in [0.3, 0.4) is 0 Å². The smallest absolute Gasteiger partial charge is 0.252 e. The minimum absolute atomic E-state index is 0.0410. The van der Waals surface area contributed by atoms with E-state index in [0.29, 0.717) is 22.4 Å². The summed E-state index contributed by atoms with van der Waals surface area (Å²) in [6.45, 7) is 0. The van der Waals surface area contributed by atoms with E-state index in [0.717, 1.165) is 0 Å². The Labute approximate surface area is 226 Å². The molecule has 0 aromatic heterocycles. The normalized spacial score (nSPS) is 16.1. The number of hydrogen-bond acceptors (Lipinski definition) is 7. The van der Waals surface area contributed by atoms with E-state index in [1.165, 1.54) is 18.2 Å². The molecule has 11 nitrogen and oxygen atoms in total. The largest absolute Gasteiger partial charge is 0.384 e. The zero-order valence-corrected chi connectivity index (χ0v) is 22.3. The van der Waals surface area contributed by atoms with Gasteiger partial charge in [0.25, 0.3) is 5.91 Å². The maximum absolute atomic E-state index is 13.5. The molecule has 0 bridgehead atoms. The Morgan fingerprint density at radius 1 is 0.897 bits per heavy atom. The van der Waals surface area contributed by atoms with Crippen LogP contribution in [-0.4, -0.2) is 51.5 Å². The lowest BCUT2D eigenvalue weighted by Crippen LogP contribution is -2.60. The lowest BCUT2D eigenvalue weighted by molar-refractivity contribution is -0.122. The van der Waals surface area contributed by atoms with Crippen molar-refractivity contribution in [2.24, 2.45) is 10.9 Å². The van der Waals surface area contributed by atoms with Gasteiger partial charge in [-0.05, 0) is 48.7 Å². The molecule has 3 aromatic carbocycles. The third-order valence-corrected chi connectivity index (χ3v) is 9.17. The van der Waals surface area contributed by atoms with Gasteiger partial charge in [-0.15, -0.1) is 0 Å². The quantitative estimate of drug-likeness (QED) is 0.210. The van der Waals surface area contributed by atoms with Crippen LogP contribution in [0.5, 0.6) is 0 Å². The molecule has 0 saturated carbocycles. The molecule has 7 N–H and O–H groups in total. The number of amidine groups is 1. The van der Waals surface area contributed by atoms with E-state index in [2.05, 4.69) is 10.6 Å². The molecule has 1 fully saturated rings. The van der Waals surface area contributed by atoms with Gasteiger partial charge in [0.05, 0.1) is 16.4 Å². The fraction of sp³-hybridized carbons (Fsp3) is 0.192. The Balaban J connectivity index is 1.59. The standard InChI is InChI=1S/C26H27N5O6S2/c27-23(28)18-4-3-5-19(16-18)24(32)31-26(12-14-38(34,35)15-13-26)25(33)30-20-10-8-17(9-11-20)21-6-1-2-7-22(21)39(29,36)37/h1-11,16H,12-15H2,(H3,27,28)(H,30,33)(H,31,32)(H2,29,36,37). The number of primary sulfonamides is 1. The molecule has 1 heterocycles. The van der Waals surface area contributed by atoms with Crippen molar-refractivity contribution >= 4 is 43.2 Å². The fourth-order valence-corrected chi connectivity index (χ4v) is 6.63. The van der Waals surface area contributed by atoms with Crippen LogP contribution >= 0.6 is 0 Å². The van der Waals surface area contributed by atoms with Gasteiger partial charge in [0.2, 0.25) is 15.9 Å². The highest BCUT2D eigenvalue weighted by molar-refractivity contribution is 7.91. The van der Waals surface area contributed by atoms with Crippen molar-refractivity contribution in [2.45, 2.75) is 23.3 Å². The first kappa shape index (κ1) is 28.0. The summed E-state index contributed by atoms with van der Waals surface area (Å²) in [5, 5.41) is 18.4. The number of carbonyl (C=O) groups is 2. The highest BCUT2D eigenvalue weighted by atomic mass is 32.2. The van der Waals surface area contributed by atoms with E-state index in [4.69, 9.17) is 16.3 Å². The van der Waals surface area contributed by atoms with Crippen LogP contribution < -0.4 is 21.5 Å². The molecule has 0 atom stereocenters.